The molecule has 3 aliphatic heterocycles. The van der Waals surface area contributed by atoms with E-state index in [1.54, 1.807) is 39.1 Å². The minimum atomic E-state index is -0.629. The van der Waals surface area contributed by atoms with E-state index >= 15 is 0 Å². The predicted octanol–water partition coefficient (Wildman–Crippen LogP) is 1.99. The van der Waals surface area contributed by atoms with E-state index in [4.69, 9.17) is 9.47 Å². The molecule has 2 aromatic rings. The van der Waals surface area contributed by atoms with E-state index in [0.717, 1.165) is 5.56 Å². The van der Waals surface area contributed by atoms with Crippen LogP contribution in [0.2, 0.25) is 0 Å². The van der Waals surface area contributed by atoms with Gasteiger partial charge in [-0.2, -0.15) is 0 Å². The van der Waals surface area contributed by atoms with E-state index in [-0.39, 0.29) is 30.4 Å². The zero-order valence-corrected chi connectivity index (χ0v) is 21.3. The number of ether oxygens (including phenoxy) is 2. The van der Waals surface area contributed by atoms with Crippen molar-refractivity contribution in [3.05, 3.63) is 47.7 Å². The Balaban J connectivity index is 1.06. The quantitative estimate of drug-likeness (QED) is 0.567. The van der Waals surface area contributed by atoms with Gasteiger partial charge in [0.15, 0.2) is 6.10 Å². The van der Waals surface area contributed by atoms with Crippen LogP contribution in [0.15, 0.2) is 36.5 Å². The summed E-state index contributed by atoms with van der Waals surface area (Å²) in [5.74, 6) is 1.23. The monoisotopic (exact) mass is 520 g/mol. The first kappa shape index (κ1) is 24.7. The second-order valence-electron chi connectivity index (χ2n) is 10.6. The minimum absolute atomic E-state index is 0.00987. The standard InChI is InChI=1S/C28H32N4O6/c33-21-7-10-30(11-8-21)26(34)16-31-15-19-3-4-20(13-23(19)27(31)35)32-12-9-24(28(32)36)38-22-5-6-25(29-14-22)37-17-18-1-2-18/h3-6,13-14,18,21,24,33H,1-2,7-12,15-17H2/t24-/m1/s1. The fourth-order valence-corrected chi connectivity index (χ4v) is 5.22. The van der Waals surface area contributed by atoms with Gasteiger partial charge in [-0.1, -0.05) is 6.07 Å². The van der Waals surface area contributed by atoms with Crippen LogP contribution in [-0.4, -0.2) is 82.6 Å². The van der Waals surface area contributed by atoms with Crippen LogP contribution >= 0.6 is 0 Å². The summed E-state index contributed by atoms with van der Waals surface area (Å²) < 4.78 is 11.6. The molecule has 2 saturated heterocycles. The molecule has 6 rings (SSSR count). The first-order chi connectivity index (χ1) is 18.4. The van der Waals surface area contributed by atoms with Crippen molar-refractivity contribution >= 4 is 23.4 Å². The molecule has 10 heteroatoms. The maximum Gasteiger partial charge on any atom is 0.268 e. The molecule has 0 radical (unpaired) electrons. The molecule has 3 fully saturated rings. The summed E-state index contributed by atoms with van der Waals surface area (Å²) in [6.45, 7) is 2.56. The van der Waals surface area contributed by atoms with Gasteiger partial charge in [0.25, 0.3) is 11.8 Å². The van der Waals surface area contributed by atoms with E-state index in [2.05, 4.69) is 4.98 Å². The molecule has 1 N–H and O–H groups in total. The average molecular weight is 521 g/mol. The normalized spacial score (nSPS) is 21.7. The second-order valence-corrected chi connectivity index (χ2v) is 10.6. The Hall–Kier alpha value is -3.66. The van der Waals surface area contributed by atoms with E-state index in [1.807, 2.05) is 12.1 Å². The third-order valence-electron chi connectivity index (χ3n) is 7.74. The molecule has 1 aromatic heterocycles. The van der Waals surface area contributed by atoms with Crippen LogP contribution in [0.1, 0.15) is 48.0 Å². The summed E-state index contributed by atoms with van der Waals surface area (Å²) in [4.78, 5) is 48.1. The first-order valence-corrected chi connectivity index (χ1v) is 13.4. The molecule has 10 nitrogen and oxygen atoms in total. The number of piperidine rings is 1. The van der Waals surface area contributed by atoms with Gasteiger partial charge in [-0.3, -0.25) is 14.4 Å². The zero-order chi connectivity index (χ0) is 26.2. The number of nitrogens with zero attached hydrogens (tertiary/aromatic N) is 4. The van der Waals surface area contributed by atoms with Crippen molar-refractivity contribution < 1.29 is 29.0 Å². The van der Waals surface area contributed by atoms with Gasteiger partial charge >= 0.3 is 0 Å². The van der Waals surface area contributed by atoms with Crippen molar-refractivity contribution in [1.29, 1.82) is 0 Å². The summed E-state index contributed by atoms with van der Waals surface area (Å²) >= 11 is 0. The fourth-order valence-electron chi connectivity index (χ4n) is 5.22. The summed E-state index contributed by atoms with van der Waals surface area (Å²) in [5, 5.41) is 9.68. The van der Waals surface area contributed by atoms with Crippen LogP contribution in [0, 0.1) is 5.92 Å². The van der Waals surface area contributed by atoms with Crippen molar-refractivity contribution in [2.24, 2.45) is 5.92 Å². The van der Waals surface area contributed by atoms with Crippen LogP contribution in [0.3, 0.4) is 0 Å². The number of fused-ring (bicyclic) bond motifs is 1. The molecule has 3 amide bonds. The van der Waals surface area contributed by atoms with E-state index in [0.29, 0.717) is 80.8 Å². The number of aromatic nitrogens is 1. The number of aliphatic hydroxyl groups excluding tert-OH is 1. The number of rotatable bonds is 8. The molecular formula is C28H32N4O6. The Morgan fingerprint density at radius 2 is 1.84 bits per heavy atom. The van der Waals surface area contributed by atoms with Crippen molar-refractivity contribution in [2.45, 2.75) is 50.9 Å². The first-order valence-electron chi connectivity index (χ1n) is 13.4. The molecule has 0 bridgehead atoms. The lowest BCUT2D eigenvalue weighted by atomic mass is 10.1. The highest BCUT2D eigenvalue weighted by atomic mass is 16.5. The number of hydrogen-bond donors (Lipinski definition) is 1. The number of amides is 3. The lowest BCUT2D eigenvalue weighted by Crippen LogP contribution is -2.45. The number of hydrogen-bond acceptors (Lipinski definition) is 7. The Morgan fingerprint density at radius 3 is 2.58 bits per heavy atom. The predicted molar refractivity (Wildman–Crippen MR) is 137 cm³/mol. The van der Waals surface area contributed by atoms with Crippen molar-refractivity contribution in [2.75, 3.05) is 37.7 Å². The number of pyridine rings is 1. The Kier molecular flexibility index (Phi) is 6.65. The van der Waals surface area contributed by atoms with Crippen molar-refractivity contribution in [3.63, 3.8) is 0 Å². The molecule has 0 unspecified atom stereocenters. The lowest BCUT2D eigenvalue weighted by Gasteiger charge is -2.30. The number of carbonyl (C=O) groups excluding carboxylic acids is 3. The van der Waals surface area contributed by atoms with Crippen LogP contribution in [0.5, 0.6) is 11.6 Å². The highest BCUT2D eigenvalue weighted by molar-refractivity contribution is 6.03. The lowest BCUT2D eigenvalue weighted by molar-refractivity contribution is -0.134. The molecule has 4 heterocycles. The summed E-state index contributed by atoms with van der Waals surface area (Å²) in [6, 6.07) is 8.97. The molecular weight excluding hydrogens is 488 g/mol. The molecule has 0 spiro atoms. The molecule has 1 atom stereocenters. The molecule has 4 aliphatic rings. The van der Waals surface area contributed by atoms with E-state index < -0.39 is 6.10 Å². The third kappa shape index (κ3) is 5.18. The van der Waals surface area contributed by atoms with Crippen LogP contribution in [0.25, 0.3) is 0 Å². The minimum Gasteiger partial charge on any atom is -0.479 e. The number of benzene rings is 1. The van der Waals surface area contributed by atoms with Gasteiger partial charge < -0.3 is 29.3 Å². The van der Waals surface area contributed by atoms with E-state index in [1.165, 1.54) is 12.8 Å². The van der Waals surface area contributed by atoms with Gasteiger partial charge in [-0.05, 0) is 55.4 Å². The summed E-state index contributed by atoms with van der Waals surface area (Å²) in [7, 11) is 0. The van der Waals surface area contributed by atoms with Gasteiger partial charge in [0.1, 0.15) is 12.3 Å². The Labute approximate surface area is 221 Å². The molecule has 38 heavy (non-hydrogen) atoms. The summed E-state index contributed by atoms with van der Waals surface area (Å²) in [5.41, 5.74) is 2.01. The van der Waals surface area contributed by atoms with Gasteiger partial charge in [0, 0.05) is 49.9 Å². The van der Waals surface area contributed by atoms with Gasteiger partial charge in [-0.25, -0.2) is 4.98 Å². The molecule has 200 valence electrons. The zero-order valence-electron chi connectivity index (χ0n) is 21.3. The highest BCUT2D eigenvalue weighted by Crippen LogP contribution is 2.32. The molecule has 1 saturated carbocycles. The van der Waals surface area contributed by atoms with Gasteiger partial charge in [0.2, 0.25) is 11.8 Å². The fraction of sp³-hybridized carbons (Fsp3) is 0.500. The van der Waals surface area contributed by atoms with Crippen LogP contribution in [0.4, 0.5) is 5.69 Å². The van der Waals surface area contributed by atoms with Crippen LogP contribution in [-0.2, 0) is 16.1 Å². The number of carbonyl (C=O) groups is 3. The Morgan fingerprint density at radius 1 is 1.03 bits per heavy atom. The van der Waals surface area contributed by atoms with Crippen molar-refractivity contribution in [1.82, 2.24) is 14.8 Å². The average Bonchev–Trinajstić information content (AvgIpc) is 3.63. The number of aliphatic hydroxyl groups is 1. The van der Waals surface area contributed by atoms with Crippen LogP contribution < -0.4 is 14.4 Å². The third-order valence-corrected chi connectivity index (χ3v) is 7.74. The van der Waals surface area contributed by atoms with Crippen molar-refractivity contribution in [3.8, 4) is 11.6 Å². The van der Waals surface area contributed by atoms with E-state index in [9.17, 15) is 19.5 Å². The Bertz CT molecular complexity index is 1220. The maximum absolute atomic E-state index is 13.1. The maximum atomic E-state index is 13.1. The smallest absolute Gasteiger partial charge is 0.268 e. The van der Waals surface area contributed by atoms with Gasteiger partial charge in [-0.15, -0.1) is 0 Å². The topological polar surface area (TPSA) is 113 Å². The summed E-state index contributed by atoms with van der Waals surface area (Å²) in [6.07, 6.45) is 4.66. The molecule has 1 aliphatic carbocycles. The second kappa shape index (κ2) is 10.2. The largest absolute Gasteiger partial charge is 0.479 e. The SMILES string of the molecule is O=C(CN1Cc2ccc(N3CC[C@@H](Oc4ccc(OCC5CC5)nc4)C3=O)cc2C1=O)N1CCC(O)CC1. The number of anilines is 1. The van der Waals surface area contributed by atoms with Gasteiger partial charge in [0.05, 0.1) is 18.9 Å². The highest BCUT2D eigenvalue weighted by Gasteiger charge is 2.36. The molecule has 1 aromatic carbocycles. The number of likely N-dealkylation sites (tertiary alicyclic amines) is 1.